The number of methoxy groups -OCH3 is 1. The van der Waals surface area contributed by atoms with E-state index in [-0.39, 0.29) is 17.8 Å². The van der Waals surface area contributed by atoms with Gasteiger partial charge in [0.05, 0.1) is 7.11 Å². The summed E-state index contributed by atoms with van der Waals surface area (Å²) in [5.74, 6) is 1.01. The molecule has 0 spiro atoms. The number of amides is 1. The van der Waals surface area contributed by atoms with E-state index in [1.807, 2.05) is 0 Å². The largest absolute Gasteiger partial charge is 0.467 e. The van der Waals surface area contributed by atoms with Gasteiger partial charge in [-0.25, -0.2) is 4.79 Å². The third-order valence-corrected chi connectivity index (χ3v) is 5.75. The maximum Gasteiger partial charge on any atom is 0.328 e. The fraction of sp³-hybridized carbons (Fsp3) is 0.706. The number of carbonyl (C=O) groups is 2. The summed E-state index contributed by atoms with van der Waals surface area (Å²) in [6.07, 6.45) is 7.02. The van der Waals surface area contributed by atoms with Crippen molar-refractivity contribution in [1.82, 2.24) is 10.1 Å². The predicted octanol–water partition coefficient (Wildman–Crippen LogP) is 1.97. The summed E-state index contributed by atoms with van der Waals surface area (Å²) in [6.45, 7) is 0.630. The average Bonchev–Trinajstić information content (AvgIpc) is 3.26. The van der Waals surface area contributed by atoms with Gasteiger partial charge in [-0.1, -0.05) is 11.6 Å². The molecule has 0 radical (unpaired) electrons. The molecule has 0 N–H and O–H groups in total. The van der Waals surface area contributed by atoms with Crippen LogP contribution in [-0.2, 0) is 22.4 Å². The Kier molecular flexibility index (Phi) is 3.62. The molecule has 0 bridgehead atoms. The highest BCUT2D eigenvalue weighted by Crippen LogP contribution is 2.43. The van der Waals surface area contributed by atoms with Crippen molar-refractivity contribution in [2.24, 2.45) is 11.8 Å². The first-order chi connectivity index (χ1) is 11.2. The van der Waals surface area contributed by atoms with Crippen LogP contribution < -0.4 is 0 Å². The molecule has 3 unspecified atom stereocenters. The normalized spacial score (nSPS) is 29.3. The summed E-state index contributed by atoms with van der Waals surface area (Å²) in [5.41, 5.74) is 1.36. The lowest BCUT2D eigenvalue weighted by Crippen LogP contribution is -2.44. The van der Waals surface area contributed by atoms with E-state index in [4.69, 9.17) is 9.26 Å². The van der Waals surface area contributed by atoms with Crippen LogP contribution in [0.2, 0.25) is 0 Å². The minimum atomic E-state index is -0.462. The summed E-state index contributed by atoms with van der Waals surface area (Å²) in [7, 11) is 1.39. The molecule has 1 saturated carbocycles. The molecule has 0 aromatic carbocycles. The molecule has 2 fully saturated rings. The van der Waals surface area contributed by atoms with Crippen molar-refractivity contribution in [1.29, 1.82) is 0 Å². The van der Waals surface area contributed by atoms with E-state index in [0.29, 0.717) is 18.2 Å². The first-order valence-electron chi connectivity index (χ1n) is 8.57. The Bertz CT molecular complexity index is 639. The zero-order chi connectivity index (χ0) is 16.0. The van der Waals surface area contributed by atoms with Gasteiger partial charge in [-0.3, -0.25) is 4.79 Å². The molecule has 1 amide bonds. The Balaban J connectivity index is 1.64. The highest BCUT2D eigenvalue weighted by molar-refractivity contribution is 5.97. The van der Waals surface area contributed by atoms with Crippen molar-refractivity contribution in [2.75, 3.05) is 13.7 Å². The van der Waals surface area contributed by atoms with Gasteiger partial charge in [0.2, 0.25) is 0 Å². The van der Waals surface area contributed by atoms with Gasteiger partial charge in [-0.2, -0.15) is 0 Å². The number of fused-ring (bicyclic) bond motifs is 2. The van der Waals surface area contributed by atoms with Gasteiger partial charge in [-0.15, -0.1) is 0 Å². The number of carbonyl (C=O) groups excluding carboxylic acids is 2. The van der Waals surface area contributed by atoms with Crippen LogP contribution in [0.3, 0.4) is 0 Å². The molecule has 2 aliphatic carbocycles. The standard InChI is InChI=1S/C17H22N2O4/c1-22-17(21)15-11-7-4-5-10(11)9-19(15)16(20)14-12-6-2-3-8-13(12)23-18-14/h10-11,15H,2-9H2,1H3. The summed E-state index contributed by atoms with van der Waals surface area (Å²) in [6, 6.07) is -0.462. The molecule has 6 nitrogen and oxygen atoms in total. The summed E-state index contributed by atoms with van der Waals surface area (Å²) in [5, 5.41) is 4.04. The smallest absolute Gasteiger partial charge is 0.328 e. The van der Waals surface area contributed by atoms with Crippen LogP contribution in [0.15, 0.2) is 4.52 Å². The van der Waals surface area contributed by atoms with Crippen LogP contribution in [0.4, 0.5) is 0 Å². The number of aryl methyl sites for hydroxylation is 1. The molecule has 2 heterocycles. The van der Waals surface area contributed by atoms with Crippen molar-refractivity contribution < 1.29 is 18.8 Å². The maximum absolute atomic E-state index is 13.0. The van der Waals surface area contributed by atoms with Crippen molar-refractivity contribution in [3.8, 4) is 0 Å². The van der Waals surface area contributed by atoms with E-state index < -0.39 is 6.04 Å². The number of hydrogen-bond donors (Lipinski definition) is 0. The molecule has 4 rings (SSSR count). The molecule has 3 atom stereocenters. The fourth-order valence-electron chi connectivity index (χ4n) is 4.63. The summed E-state index contributed by atoms with van der Waals surface area (Å²) in [4.78, 5) is 27.0. The summed E-state index contributed by atoms with van der Waals surface area (Å²) < 4.78 is 10.3. The first-order valence-corrected chi connectivity index (χ1v) is 8.57. The molecule has 1 saturated heterocycles. The van der Waals surface area contributed by atoms with E-state index in [1.54, 1.807) is 4.90 Å². The van der Waals surface area contributed by atoms with Gasteiger partial charge >= 0.3 is 5.97 Å². The van der Waals surface area contributed by atoms with Gasteiger partial charge in [-0.05, 0) is 43.9 Å². The van der Waals surface area contributed by atoms with E-state index in [0.717, 1.165) is 56.3 Å². The lowest BCUT2D eigenvalue weighted by molar-refractivity contribution is -0.146. The number of ether oxygens (including phenoxy) is 1. The number of hydrogen-bond acceptors (Lipinski definition) is 5. The van der Waals surface area contributed by atoms with Crippen molar-refractivity contribution in [3.05, 3.63) is 17.0 Å². The molecule has 23 heavy (non-hydrogen) atoms. The van der Waals surface area contributed by atoms with Crippen LogP contribution in [0.25, 0.3) is 0 Å². The highest BCUT2D eigenvalue weighted by atomic mass is 16.5. The van der Waals surface area contributed by atoms with Gasteiger partial charge < -0.3 is 14.2 Å². The third kappa shape index (κ3) is 2.26. The molecular formula is C17H22N2O4. The SMILES string of the molecule is COC(=O)C1C2CCCC2CN1C(=O)c1noc2c1CCCC2. The zero-order valence-corrected chi connectivity index (χ0v) is 13.4. The fourth-order valence-corrected chi connectivity index (χ4v) is 4.63. The molecule has 3 aliphatic rings. The number of likely N-dealkylation sites (tertiary alicyclic amines) is 1. The number of aromatic nitrogens is 1. The minimum Gasteiger partial charge on any atom is -0.467 e. The van der Waals surface area contributed by atoms with Crippen molar-refractivity contribution in [3.63, 3.8) is 0 Å². The Labute approximate surface area is 135 Å². The molecule has 124 valence electrons. The lowest BCUT2D eigenvalue weighted by atomic mass is 9.94. The van der Waals surface area contributed by atoms with Crippen molar-refractivity contribution >= 4 is 11.9 Å². The second-order valence-corrected chi connectivity index (χ2v) is 6.92. The molecular weight excluding hydrogens is 296 g/mol. The van der Waals surface area contributed by atoms with E-state index in [9.17, 15) is 9.59 Å². The van der Waals surface area contributed by atoms with Crippen LogP contribution >= 0.6 is 0 Å². The number of rotatable bonds is 2. The van der Waals surface area contributed by atoms with Crippen LogP contribution in [-0.4, -0.2) is 41.6 Å². The molecule has 1 aromatic heterocycles. The Morgan fingerprint density at radius 1 is 1.22 bits per heavy atom. The zero-order valence-electron chi connectivity index (χ0n) is 13.4. The molecule has 1 aromatic rings. The monoisotopic (exact) mass is 318 g/mol. The Morgan fingerprint density at radius 3 is 2.87 bits per heavy atom. The lowest BCUT2D eigenvalue weighted by Gasteiger charge is -2.25. The second kappa shape index (κ2) is 5.65. The van der Waals surface area contributed by atoms with E-state index in [2.05, 4.69) is 5.16 Å². The minimum absolute atomic E-state index is 0.165. The van der Waals surface area contributed by atoms with Gasteiger partial charge in [0.25, 0.3) is 5.91 Å². The Morgan fingerprint density at radius 2 is 2.04 bits per heavy atom. The third-order valence-electron chi connectivity index (χ3n) is 5.75. The predicted molar refractivity (Wildman–Crippen MR) is 80.8 cm³/mol. The van der Waals surface area contributed by atoms with Gasteiger partial charge in [0.1, 0.15) is 11.8 Å². The number of nitrogens with zero attached hydrogens (tertiary/aromatic N) is 2. The average molecular weight is 318 g/mol. The van der Waals surface area contributed by atoms with Gasteiger partial charge in [0, 0.05) is 18.5 Å². The molecule has 6 heteroatoms. The van der Waals surface area contributed by atoms with E-state index in [1.165, 1.54) is 7.11 Å². The topological polar surface area (TPSA) is 72.6 Å². The highest BCUT2D eigenvalue weighted by Gasteiger charge is 2.50. The summed E-state index contributed by atoms with van der Waals surface area (Å²) >= 11 is 0. The first kappa shape index (κ1) is 14.7. The quantitative estimate of drug-likeness (QED) is 0.780. The second-order valence-electron chi connectivity index (χ2n) is 6.92. The van der Waals surface area contributed by atoms with Crippen LogP contribution in [0.1, 0.15) is 53.9 Å². The van der Waals surface area contributed by atoms with Crippen LogP contribution in [0, 0.1) is 11.8 Å². The molecule has 1 aliphatic heterocycles. The Hall–Kier alpha value is -1.85. The maximum atomic E-state index is 13.0. The van der Waals surface area contributed by atoms with Crippen LogP contribution in [0.5, 0.6) is 0 Å². The van der Waals surface area contributed by atoms with Gasteiger partial charge in [0.15, 0.2) is 5.69 Å². The van der Waals surface area contributed by atoms with E-state index >= 15 is 0 Å². The number of esters is 1. The van der Waals surface area contributed by atoms with Crippen molar-refractivity contribution in [2.45, 2.75) is 51.0 Å².